The molecule has 0 amide bonds. The topological polar surface area (TPSA) is 97.0 Å². The molecule has 0 radical (unpaired) electrons. The van der Waals surface area contributed by atoms with E-state index in [0.29, 0.717) is 17.0 Å². The van der Waals surface area contributed by atoms with E-state index in [1.54, 1.807) is 30.3 Å². The smallest absolute Gasteiger partial charge is 0.269 e. The Morgan fingerprint density at radius 3 is 2.62 bits per heavy atom. The Kier molecular flexibility index (Phi) is 4.35. The van der Waals surface area contributed by atoms with Gasteiger partial charge in [0.15, 0.2) is 11.5 Å². The predicted octanol–water partition coefficient (Wildman–Crippen LogP) is 2.76. The summed E-state index contributed by atoms with van der Waals surface area (Å²) in [6, 6.07) is 10.9. The van der Waals surface area contributed by atoms with E-state index in [1.807, 2.05) is 0 Å². The van der Waals surface area contributed by atoms with Crippen LogP contribution in [-0.2, 0) is 0 Å². The Bertz CT molecular complexity index is 668. The number of aromatic hydroxyl groups is 1. The molecule has 0 fully saturated rings. The van der Waals surface area contributed by atoms with Gasteiger partial charge in [-0.15, -0.1) is 0 Å². The molecule has 0 unspecified atom stereocenters. The van der Waals surface area contributed by atoms with Crippen molar-refractivity contribution in [2.75, 3.05) is 12.5 Å². The van der Waals surface area contributed by atoms with E-state index in [2.05, 4.69) is 10.5 Å². The predicted molar refractivity (Wildman–Crippen MR) is 79.0 cm³/mol. The highest BCUT2D eigenvalue weighted by molar-refractivity contribution is 5.85. The number of non-ortho nitro benzene ring substituents is 1. The van der Waals surface area contributed by atoms with E-state index in [-0.39, 0.29) is 11.4 Å². The van der Waals surface area contributed by atoms with Crippen LogP contribution in [0.15, 0.2) is 47.6 Å². The Balaban J connectivity index is 2.07. The number of nitro benzene ring substituents is 1. The number of ether oxygens (including phenoxy) is 1. The lowest BCUT2D eigenvalue weighted by Crippen LogP contribution is -1.93. The molecule has 2 N–H and O–H groups in total. The number of hydrazone groups is 1. The molecule has 2 aromatic rings. The Hall–Kier alpha value is -3.09. The maximum absolute atomic E-state index is 10.5. The number of hydrogen-bond acceptors (Lipinski definition) is 6. The number of para-hydroxylation sites is 1. The van der Waals surface area contributed by atoms with Gasteiger partial charge in [-0.2, -0.15) is 5.10 Å². The van der Waals surface area contributed by atoms with Crippen LogP contribution < -0.4 is 10.2 Å². The summed E-state index contributed by atoms with van der Waals surface area (Å²) in [5, 5.41) is 24.4. The van der Waals surface area contributed by atoms with Crippen molar-refractivity contribution in [2.24, 2.45) is 5.10 Å². The molecule has 0 aromatic heterocycles. The molecule has 0 aliphatic carbocycles. The average Bonchev–Trinajstić information content (AvgIpc) is 2.49. The first-order valence-electron chi connectivity index (χ1n) is 6.01. The largest absolute Gasteiger partial charge is 0.504 e. The highest BCUT2D eigenvalue weighted by Crippen LogP contribution is 2.28. The second-order valence-electron chi connectivity index (χ2n) is 4.07. The third kappa shape index (κ3) is 3.47. The van der Waals surface area contributed by atoms with Crippen LogP contribution in [0.2, 0.25) is 0 Å². The second-order valence-corrected chi connectivity index (χ2v) is 4.07. The van der Waals surface area contributed by atoms with Crippen molar-refractivity contribution in [1.29, 1.82) is 0 Å². The number of benzene rings is 2. The molecular weight excluding hydrogens is 274 g/mol. The van der Waals surface area contributed by atoms with E-state index < -0.39 is 4.92 Å². The molecule has 0 saturated heterocycles. The SMILES string of the molecule is COc1cccc(/C=N/Nc2ccc([N+](=O)[O-])cc2)c1O. The van der Waals surface area contributed by atoms with E-state index in [1.165, 1.54) is 25.5 Å². The number of nitrogens with zero attached hydrogens (tertiary/aromatic N) is 2. The van der Waals surface area contributed by atoms with Crippen LogP contribution >= 0.6 is 0 Å². The molecule has 0 bridgehead atoms. The molecular formula is C14H13N3O4. The number of anilines is 1. The van der Waals surface area contributed by atoms with Crippen molar-refractivity contribution in [3.05, 3.63) is 58.1 Å². The van der Waals surface area contributed by atoms with E-state index in [9.17, 15) is 15.2 Å². The Morgan fingerprint density at radius 2 is 2.00 bits per heavy atom. The van der Waals surface area contributed by atoms with Gasteiger partial charge in [-0.1, -0.05) is 6.07 Å². The summed E-state index contributed by atoms with van der Waals surface area (Å²) in [7, 11) is 1.46. The van der Waals surface area contributed by atoms with Crippen LogP contribution in [0.5, 0.6) is 11.5 Å². The number of rotatable bonds is 5. The minimum Gasteiger partial charge on any atom is -0.504 e. The van der Waals surface area contributed by atoms with Crippen LogP contribution in [0.1, 0.15) is 5.56 Å². The lowest BCUT2D eigenvalue weighted by molar-refractivity contribution is -0.384. The van der Waals surface area contributed by atoms with Crippen molar-refractivity contribution in [1.82, 2.24) is 0 Å². The molecule has 0 saturated carbocycles. The van der Waals surface area contributed by atoms with Gasteiger partial charge >= 0.3 is 0 Å². The monoisotopic (exact) mass is 287 g/mol. The molecule has 7 nitrogen and oxygen atoms in total. The van der Waals surface area contributed by atoms with Gasteiger partial charge in [-0.3, -0.25) is 15.5 Å². The van der Waals surface area contributed by atoms with Crippen LogP contribution in [0.4, 0.5) is 11.4 Å². The fourth-order valence-corrected chi connectivity index (χ4v) is 1.64. The van der Waals surface area contributed by atoms with Gasteiger partial charge in [0.1, 0.15) is 0 Å². The van der Waals surface area contributed by atoms with E-state index in [0.717, 1.165) is 0 Å². The quantitative estimate of drug-likeness (QED) is 0.500. The molecule has 0 aliphatic rings. The fourth-order valence-electron chi connectivity index (χ4n) is 1.64. The summed E-state index contributed by atoms with van der Waals surface area (Å²) in [5.74, 6) is 0.350. The molecule has 0 aliphatic heterocycles. The summed E-state index contributed by atoms with van der Waals surface area (Å²) in [5.41, 5.74) is 3.81. The number of methoxy groups -OCH3 is 1. The Labute approximate surface area is 120 Å². The lowest BCUT2D eigenvalue weighted by atomic mass is 10.2. The van der Waals surface area contributed by atoms with Crippen molar-refractivity contribution in [3.63, 3.8) is 0 Å². The highest BCUT2D eigenvalue weighted by Gasteiger charge is 2.05. The number of nitrogens with one attached hydrogen (secondary N) is 1. The van der Waals surface area contributed by atoms with Crippen molar-refractivity contribution in [3.8, 4) is 11.5 Å². The molecule has 0 spiro atoms. The van der Waals surface area contributed by atoms with Gasteiger partial charge in [0, 0.05) is 17.7 Å². The van der Waals surface area contributed by atoms with Gasteiger partial charge in [0.05, 0.1) is 23.9 Å². The molecule has 2 rings (SSSR count). The summed E-state index contributed by atoms with van der Waals surface area (Å²) in [6.45, 7) is 0. The molecule has 0 atom stereocenters. The number of phenols is 1. The zero-order chi connectivity index (χ0) is 15.2. The number of nitro groups is 1. The third-order valence-corrected chi connectivity index (χ3v) is 2.73. The van der Waals surface area contributed by atoms with Crippen molar-refractivity contribution >= 4 is 17.6 Å². The van der Waals surface area contributed by atoms with E-state index in [4.69, 9.17) is 4.74 Å². The van der Waals surface area contributed by atoms with Crippen molar-refractivity contribution in [2.45, 2.75) is 0 Å². The molecule has 21 heavy (non-hydrogen) atoms. The van der Waals surface area contributed by atoms with Crippen LogP contribution in [-0.4, -0.2) is 23.4 Å². The second kappa shape index (κ2) is 6.38. The van der Waals surface area contributed by atoms with Gasteiger partial charge in [-0.05, 0) is 24.3 Å². The van der Waals surface area contributed by atoms with Gasteiger partial charge in [0.25, 0.3) is 5.69 Å². The van der Waals surface area contributed by atoms with Gasteiger partial charge in [-0.25, -0.2) is 0 Å². The Morgan fingerprint density at radius 1 is 1.29 bits per heavy atom. The normalized spacial score (nSPS) is 10.5. The highest BCUT2D eigenvalue weighted by atomic mass is 16.6. The first-order chi connectivity index (χ1) is 10.1. The zero-order valence-electron chi connectivity index (χ0n) is 11.2. The lowest BCUT2D eigenvalue weighted by Gasteiger charge is -2.05. The molecule has 108 valence electrons. The standard InChI is InChI=1S/C14H13N3O4/c1-21-13-4-2-3-10(14(13)18)9-15-16-11-5-7-12(8-6-11)17(19)20/h2-9,16,18H,1H3/b15-9+. The number of hydrogen-bond donors (Lipinski definition) is 2. The van der Waals surface area contributed by atoms with Crippen molar-refractivity contribution < 1.29 is 14.8 Å². The maximum atomic E-state index is 10.5. The fraction of sp³-hybridized carbons (Fsp3) is 0.0714. The minimum absolute atomic E-state index is 0.00532. The van der Waals surface area contributed by atoms with Gasteiger partial charge in [0.2, 0.25) is 0 Å². The number of phenolic OH excluding ortho intramolecular Hbond substituents is 1. The summed E-state index contributed by atoms with van der Waals surface area (Å²) in [4.78, 5) is 10.1. The molecule has 2 aromatic carbocycles. The maximum Gasteiger partial charge on any atom is 0.269 e. The van der Waals surface area contributed by atoms with Crippen LogP contribution in [0.3, 0.4) is 0 Å². The average molecular weight is 287 g/mol. The third-order valence-electron chi connectivity index (χ3n) is 2.73. The minimum atomic E-state index is -0.471. The first-order valence-corrected chi connectivity index (χ1v) is 6.01. The first kappa shape index (κ1) is 14.3. The summed E-state index contributed by atoms with van der Waals surface area (Å²) in [6.07, 6.45) is 1.43. The zero-order valence-corrected chi connectivity index (χ0v) is 11.2. The van der Waals surface area contributed by atoms with Crippen LogP contribution in [0.25, 0.3) is 0 Å². The summed E-state index contributed by atoms with van der Waals surface area (Å²) >= 11 is 0. The van der Waals surface area contributed by atoms with Gasteiger partial charge < -0.3 is 9.84 Å². The molecule has 7 heteroatoms. The summed E-state index contributed by atoms with van der Waals surface area (Å²) < 4.78 is 4.99. The van der Waals surface area contributed by atoms with E-state index >= 15 is 0 Å². The van der Waals surface area contributed by atoms with Crippen LogP contribution in [0, 0.1) is 10.1 Å². The molecule has 0 heterocycles.